The Morgan fingerprint density at radius 3 is 0.349 bits per heavy atom. The van der Waals surface area contributed by atoms with Crippen molar-refractivity contribution in [1.29, 1.82) is 0 Å². The van der Waals surface area contributed by atoms with Crippen molar-refractivity contribution in [3.63, 3.8) is 0 Å². The largest absolute Gasteiger partial charge is 1.00 e. The highest BCUT2D eigenvalue weighted by molar-refractivity contribution is 7.74. The fourth-order valence-electron chi connectivity index (χ4n) is 8.34. The first-order valence-corrected chi connectivity index (χ1v) is 38.0. The number of unbranched alkanes of at least 4 members (excludes halogenated alkanes) is 39. The predicted molar refractivity (Wildman–Crippen MR) is 300 cm³/mol. The Balaban J connectivity index is -0.000000189. The van der Waals surface area contributed by atoms with Crippen LogP contribution in [0.2, 0.25) is 0 Å². The minimum Gasteiger partial charge on any atom is -1.00 e. The molecule has 390 valence electrons. The summed E-state index contributed by atoms with van der Waals surface area (Å²) in [6, 6.07) is 0. The van der Waals surface area contributed by atoms with Crippen LogP contribution in [0.3, 0.4) is 0 Å². The summed E-state index contributed by atoms with van der Waals surface area (Å²) in [6.07, 6.45) is 66.3. The second kappa shape index (κ2) is 59.2. The molecule has 0 heterocycles. The van der Waals surface area contributed by atoms with Gasteiger partial charge in [-0.15, -0.1) is 0 Å². The molecule has 0 radical (unpaired) electrons. The second-order valence-corrected chi connectivity index (χ2v) is 37.9. The van der Waals surface area contributed by atoms with E-state index in [0.29, 0.717) is 0 Å². The van der Waals surface area contributed by atoms with Gasteiger partial charge in [0.25, 0.3) is 0 Å². The lowest BCUT2D eigenvalue weighted by atomic mass is 10.0. The van der Waals surface area contributed by atoms with Crippen LogP contribution >= 0.6 is 21.8 Å². The van der Waals surface area contributed by atoms with Gasteiger partial charge in [-0.05, 0) is 38.5 Å². The van der Waals surface area contributed by atoms with Gasteiger partial charge in [0.05, 0.1) is 18.5 Å². The van der Waals surface area contributed by atoms with E-state index in [4.69, 9.17) is 0 Å². The molecule has 0 amide bonds. The average Bonchev–Trinajstić information content (AvgIpc) is 3.17. The van der Waals surface area contributed by atoms with Crippen molar-refractivity contribution in [1.82, 2.24) is 0 Å². The molecule has 0 aromatic rings. The zero-order valence-electron chi connectivity index (χ0n) is 46.3. The fourth-order valence-corrected chi connectivity index (χ4v) is 11.9. The second-order valence-electron chi connectivity index (χ2n) is 22.8. The van der Waals surface area contributed by atoms with Crippen molar-refractivity contribution in [2.24, 2.45) is 0 Å². The number of hydrogen-bond donors (Lipinski definition) is 0. The summed E-state index contributed by atoms with van der Waals surface area (Å²) in [7, 11) is -1.50. The van der Waals surface area contributed by atoms with Gasteiger partial charge in [0.1, 0.15) is 0 Å². The molecule has 63 heavy (non-hydrogen) atoms. The molecule has 0 fully saturated rings. The minimum absolute atomic E-state index is 0. The Kier molecular flexibility index (Phi) is 71.0. The van der Waals surface area contributed by atoms with Crippen LogP contribution in [-0.4, -0.2) is 78.5 Å². The third kappa shape index (κ3) is 86.8. The van der Waals surface area contributed by atoms with E-state index in [-0.39, 0.29) is 14.1 Å². The summed E-state index contributed by atoms with van der Waals surface area (Å²) in [5, 5.41) is 0. The van der Waals surface area contributed by atoms with Crippen LogP contribution < -0.4 is 14.1 Å². The van der Waals surface area contributed by atoms with Crippen molar-refractivity contribution in [3.05, 3.63) is 0 Å². The topological polar surface area (TPSA) is 0 Å². The van der Waals surface area contributed by atoms with Crippen molar-refractivity contribution < 1.29 is 14.1 Å². The normalized spacial score (nSPS) is 11.4. The molecular formula is C57H126F3P3. The fraction of sp³-hybridized carbons (Fsp3) is 1.00. The smallest absolute Gasteiger partial charge is 0.0586 e. The van der Waals surface area contributed by atoms with Crippen molar-refractivity contribution in [2.75, 3.05) is 78.5 Å². The Hall–Kier alpha value is 1.08. The molecule has 0 saturated heterocycles. The molecule has 0 aliphatic carbocycles. The number of rotatable bonds is 45. The van der Waals surface area contributed by atoms with Crippen LogP contribution in [0.4, 0.5) is 0 Å². The zero-order valence-corrected chi connectivity index (χ0v) is 49.0. The Morgan fingerprint density at radius 2 is 0.254 bits per heavy atom. The summed E-state index contributed by atoms with van der Waals surface area (Å²) in [6.45, 7) is 29.1. The Labute approximate surface area is 403 Å². The van der Waals surface area contributed by atoms with E-state index in [2.05, 4.69) is 80.8 Å². The van der Waals surface area contributed by atoms with E-state index in [1.165, 1.54) is 288 Å². The SMILES string of the molecule is CCCCCCCCCCCCCCCC[P+](C)(C)C.CCCCCCCCCCCCCCCC[P+](C)(C)C.CCCCCCCCCCCCCCCC[P+](C)(C)C.[F-].[F-].[F-]. The quantitative estimate of drug-likeness (QED) is 0.0421. The van der Waals surface area contributed by atoms with E-state index < -0.39 is 21.8 Å². The van der Waals surface area contributed by atoms with Crippen molar-refractivity contribution in [2.45, 2.75) is 290 Å². The summed E-state index contributed by atoms with van der Waals surface area (Å²) < 4.78 is 0. The van der Waals surface area contributed by atoms with Crippen molar-refractivity contribution in [3.8, 4) is 0 Å². The number of hydrogen-bond acceptors (Lipinski definition) is 0. The molecule has 0 aromatic heterocycles. The van der Waals surface area contributed by atoms with Crippen molar-refractivity contribution >= 4 is 21.8 Å². The third-order valence-electron chi connectivity index (χ3n) is 12.5. The molecule has 0 spiro atoms. The summed E-state index contributed by atoms with van der Waals surface area (Å²) >= 11 is 0. The number of halogens is 3. The highest BCUT2D eigenvalue weighted by Gasteiger charge is 2.17. The van der Waals surface area contributed by atoms with E-state index in [1.54, 1.807) is 0 Å². The monoisotopic (exact) mass is 961 g/mol. The maximum Gasteiger partial charge on any atom is 0.0586 e. The molecule has 0 rings (SSSR count). The first kappa shape index (κ1) is 75.6. The summed E-state index contributed by atoms with van der Waals surface area (Å²) in [4.78, 5) is 0. The standard InChI is InChI=1S/3C19H42P.3FH/c3*1-5-6-7-8-9-10-11-12-13-14-15-16-17-18-19-20(2,3)4;;;/h3*5-19H2,1-4H3;3*1H/q3*+1;;;/p-3. The van der Waals surface area contributed by atoms with Crippen LogP contribution in [-0.2, 0) is 0 Å². The summed E-state index contributed by atoms with van der Waals surface area (Å²) in [5.41, 5.74) is 0. The molecule has 0 aromatic carbocycles. The maximum atomic E-state index is 2.47. The van der Waals surface area contributed by atoms with Crippen LogP contribution in [0.15, 0.2) is 0 Å². The van der Waals surface area contributed by atoms with Crippen LogP contribution in [0, 0.1) is 0 Å². The first-order chi connectivity index (χ1) is 28.7. The van der Waals surface area contributed by atoms with Crippen LogP contribution in [0.25, 0.3) is 0 Å². The lowest BCUT2D eigenvalue weighted by molar-refractivity contribution is -0.00100. The van der Waals surface area contributed by atoms with E-state index in [0.717, 1.165) is 0 Å². The predicted octanol–water partition coefficient (Wildman–Crippen LogP) is 13.1. The van der Waals surface area contributed by atoms with E-state index in [1.807, 2.05) is 0 Å². The molecule has 0 saturated carbocycles. The maximum absolute atomic E-state index is 2.47. The molecule has 0 atom stereocenters. The van der Waals surface area contributed by atoms with Crippen LogP contribution in [0.5, 0.6) is 0 Å². The molecular weight excluding hydrogens is 835 g/mol. The van der Waals surface area contributed by atoms with Gasteiger partial charge < -0.3 is 14.1 Å². The first-order valence-electron chi connectivity index (χ1n) is 28.1. The molecule has 0 bridgehead atoms. The minimum atomic E-state index is -0.500. The van der Waals surface area contributed by atoms with Gasteiger partial charge >= 0.3 is 0 Å². The van der Waals surface area contributed by atoms with Gasteiger partial charge in [-0.2, -0.15) is 0 Å². The molecule has 0 unspecified atom stereocenters. The lowest BCUT2D eigenvalue weighted by Crippen LogP contribution is -3.00. The Bertz CT molecular complexity index is 659. The lowest BCUT2D eigenvalue weighted by Gasteiger charge is -2.10. The van der Waals surface area contributed by atoms with Gasteiger partial charge in [-0.3, -0.25) is 0 Å². The Morgan fingerprint density at radius 1 is 0.159 bits per heavy atom. The molecule has 6 heteroatoms. The van der Waals surface area contributed by atoms with Gasteiger partial charge in [0, 0.05) is 81.8 Å². The zero-order chi connectivity index (χ0) is 45.3. The molecule has 0 nitrogen and oxygen atoms in total. The average molecular weight is 962 g/mol. The summed E-state index contributed by atoms with van der Waals surface area (Å²) in [5.74, 6) is 0. The van der Waals surface area contributed by atoms with Gasteiger partial charge in [0.15, 0.2) is 0 Å². The highest BCUT2D eigenvalue weighted by Crippen LogP contribution is 2.48. The molecule has 0 aliphatic heterocycles. The molecule has 0 aliphatic rings. The molecule has 0 N–H and O–H groups in total. The van der Waals surface area contributed by atoms with Crippen LogP contribution in [0.1, 0.15) is 290 Å². The third-order valence-corrected chi connectivity index (χ3v) is 17.5. The van der Waals surface area contributed by atoms with E-state index in [9.17, 15) is 0 Å². The highest BCUT2D eigenvalue weighted by atomic mass is 31.2. The van der Waals surface area contributed by atoms with E-state index >= 15 is 0 Å². The van der Waals surface area contributed by atoms with Gasteiger partial charge in [-0.25, -0.2) is 0 Å². The van der Waals surface area contributed by atoms with Gasteiger partial charge in [0.2, 0.25) is 0 Å². The van der Waals surface area contributed by atoms with Gasteiger partial charge in [-0.1, -0.05) is 252 Å².